The molecule has 16 heavy (non-hydrogen) atoms. The van der Waals surface area contributed by atoms with Crippen molar-refractivity contribution >= 4 is 27.6 Å². The molecule has 0 aliphatic rings. The van der Waals surface area contributed by atoms with Crippen LogP contribution in [0.4, 0.5) is 10.1 Å². The molecule has 1 aromatic rings. The molecule has 0 saturated heterocycles. The summed E-state index contributed by atoms with van der Waals surface area (Å²) in [6.45, 7) is 5.84. The minimum Gasteiger partial charge on any atom is -0.370 e. The minimum absolute atomic E-state index is 0.242. The van der Waals surface area contributed by atoms with Gasteiger partial charge in [0.1, 0.15) is 5.82 Å². The highest BCUT2D eigenvalue weighted by Crippen LogP contribution is 2.20. The highest BCUT2D eigenvalue weighted by Gasteiger charge is 2.08. The van der Waals surface area contributed by atoms with E-state index in [4.69, 9.17) is 5.73 Å². The van der Waals surface area contributed by atoms with Crippen molar-refractivity contribution in [2.24, 2.45) is 10.7 Å². The van der Waals surface area contributed by atoms with E-state index in [0.717, 1.165) is 0 Å². The van der Waals surface area contributed by atoms with Gasteiger partial charge in [-0.1, -0.05) is 0 Å². The van der Waals surface area contributed by atoms with Crippen molar-refractivity contribution in [2.75, 3.05) is 5.32 Å². The third-order valence-electron chi connectivity index (χ3n) is 1.65. The number of nitrogens with one attached hydrogen (secondary N) is 1. The fourth-order valence-corrected chi connectivity index (χ4v) is 1.49. The summed E-state index contributed by atoms with van der Waals surface area (Å²) in [7, 11) is 0. The zero-order valence-electron chi connectivity index (χ0n) is 9.51. The molecule has 0 unspecified atom stereocenters. The number of hydrogen-bond donors (Lipinski definition) is 2. The van der Waals surface area contributed by atoms with Crippen LogP contribution in [0.5, 0.6) is 0 Å². The average Bonchev–Trinajstić information content (AvgIpc) is 2.08. The molecule has 0 spiro atoms. The van der Waals surface area contributed by atoms with Gasteiger partial charge in [0.2, 0.25) is 0 Å². The Morgan fingerprint density at radius 1 is 1.44 bits per heavy atom. The number of nitrogens with zero attached hydrogens (tertiary/aromatic N) is 1. The molecule has 0 bridgehead atoms. The molecule has 0 atom stereocenters. The van der Waals surface area contributed by atoms with Crippen LogP contribution in [-0.4, -0.2) is 11.5 Å². The molecule has 3 nitrogen and oxygen atoms in total. The maximum Gasteiger partial charge on any atom is 0.193 e. The number of anilines is 1. The summed E-state index contributed by atoms with van der Waals surface area (Å²) in [5, 5.41) is 2.90. The summed E-state index contributed by atoms with van der Waals surface area (Å²) in [5.74, 6) is 0.00268. The molecule has 3 N–H and O–H groups in total. The van der Waals surface area contributed by atoms with Crippen LogP contribution in [0.2, 0.25) is 0 Å². The maximum atomic E-state index is 13.0. The van der Waals surface area contributed by atoms with E-state index in [1.807, 2.05) is 20.8 Å². The summed E-state index contributed by atoms with van der Waals surface area (Å²) in [5.41, 5.74) is 6.16. The smallest absolute Gasteiger partial charge is 0.193 e. The molecule has 0 amide bonds. The van der Waals surface area contributed by atoms with Crippen molar-refractivity contribution in [3.8, 4) is 0 Å². The number of benzene rings is 1. The Balaban J connectivity index is 2.81. The van der Waals surface area contributed by atoms with Crippen LogP contribution in [0, 0.1) is 5.82 Å². The molecule has 1 aromatic carbocycles. The van der Waals surface area contributed by atoms with Crippen molar-refractivity contribution in [1.29, 1.82) is 0 Å². The maximum absolute atomic E-state index is 13.0. The topological polar surface area (TPSA) is 50.4 Å². The normalized spacial score (nSPS) is 12.7. The van der Waals surface area contributed by atoms with Gasteiger partial charge in [0.25, 0.3) is 0 Å². The van der Waals surface area contributed by atoms with E-state index >= 15 is 0 Å². The predicted molar refractivity (Wildman–Crippen MR) is 69.1 cm³/mol. The molecular formula is C11H15BrFN3. The largest absolute Gasteiger partial charge is 0.370 e. The van der Waals surface area contributed by atoms with Crippen molar-refractivity contribution in [1.82, 2.24) is 0 Å². The van der Waals surface area contributed by atoms with Crippen LogP contribution in [0.25, 0.3) is 0 Å². The molecule has 5 heteroatoms. The summed E-state index contributed by atoms with van der Waals surface area (Å²) in [6.07, 6.45) is 0. The van der Waals surface area contributed by atoms with E-state index < -0.39 is 0 Å². The Bertz CT molecular complexity index is 410. The minimum atomic E-state index is -0.308. The van der Waals surface area contributed by atoms with Gasteiger partial charge in [-0.2, -0.15) is 0 Å². The SMILES string of the molecule is CC(C)(C)N=C(N)Nc1ccc(F)c(Br)c1. The number of guanidine groups is 1. The highest BCUT2D eigenvalue weighted by atomic mass is 79.9. The van der Waals surface area contributed by atoms with Crippen LogP contribution in [0.15, 0.2) is 27.7 Å². The molecule has 0 radical (unpaired) electrons. The molecule has 0 aromatic heterocycles. The van der Waals surface area contributed by atoms with Crippen molar-refractivity contribution in [2.45, 2.75) is 26.3 Å². The Morgan fingerprint density at radius 3 is 2.56 bits per heavy atom. The lowest BCUT2D eigenvalue weighted by molar-refractivity contribution is 0.583. The van der Waals surface area contributed by atoms with Gasteiger partial charge >= 0.3 is 0 Å². The first-order valence-corrected chi connectivity index (χ1v) is 5.64. The van der Waals surface area contributed by atoms with E-state index in [1.165, 1.54) is 6.07 Å². The van der Waals surface area contributed by atoms with Crippen LogP contribution < -0.4 is 11.1 Å². The highest BCUT2D eigenvalue weighted by molar-refractivity contribution is 9.10. The van der Waals surface area contributed by atoms with Gasteiger partial charge in [0.05, 0.1) is 10.0 Å². The Labute approximate surface area is 103 Å². The molecule has 0 aliphatic heterocycles. The zero-order valence-corrected chi connectivity index (χ0v) is 11.1. The third-order valence-corrected chi connectivity index (χ3v) is 2.26. The predicted octanol–water partition coefficient (Wildman–Crippen LogP) is 3.11. The zero-order chi connectivity index (χ0) is 12.3. The lowest BCUT2D eigenvalue weighted by Crippen LogP contribution is -2.27. The van der Waals surface area contributed by atoms with Crippen molar-refractivity contribution in [3.05, 3.63) is 28.5 Å². The molecule has 88 valence electrons. The first-order valence-electron chi connectivity index (χ1n) is 4.85. The van der Waals surface area contributed by atoms with Gasteiger partial charge in [-0.05, 0) is 54.9 Å². The van der Waals surface area contributed by atoms with Gasteiger partial charge in [-0.15, -0.1) is 0 Å². The van der Waals surface area contributed by atoms with Gasteiger partial charge < -0.3 is 11.1 Å². The number of nitrogens with two attached hydrogens (primary N) is 1. The number of hydrogen-bond acceptors (Lipinski definition) is 1. The second-order valence-electron chi connectivity index (χ2n) is 4.42. The summed E-state index contributed by atoms with van der Waals surface area (Å²) < 4.78 is 13.4. The number of halogens is 2. The third kappa shape index (κ3) is 4.18. The van der Waals surface area contributed by atoms with Crippen molar-refractivity contribution < 1.29 is 4.39 Å². The Morgan fingerprint density at radius 2 is 2.06 bits per heavy atom. The second-order valence-corrected chi connectivity index (χ2v) is 5.28. The fraction of sp³-hybridized carbons (Fsp3) is 0.364. The molecule has 0 aliphatic carbocycles. The van der Waals surface area contributed by atoms with Crippen LogP contribution >= 0.6 is 15.9 Å². The molecule has 0 heterocycles. The molecular weight excluding hydrogens is 273 g/mol. The molecule has 0 saturated carbocycles. The van der Waals surface area contributed by atoms with Crippen LogP contribution in [0.1, 0.15) is 20.8 Å². The quantitative estimate of drug-likeness (QED) is 0.616. The Kier molecular flexibility index (Phi) is 3.91. The van der Waals surface area contributed by atoms with E-state index in [0.29, 0.717) is 16.1 Å². The Hall–Kier alpha value is -1.10. The number of rotatable bonds is 1. The van der Waals surface area contributed by atoms with E-state index in [-0.39, 0.29) is 11.4 Å². The monoisotopic (exact) mass is 287 g/mol. The van der Waals surface area contributed by atoms with E-state index in [1.54, 1.807) is 12.1 Å². The lowest BCUT2D eigenvalue weighted by atomic mass is 10.1. The van der Waals surface area contributed by atoms with Gasteiger partial charge in [-0.3, -0.25) is 0 Å². The summed E-state index contributed by atoms with van der Waals surface area (Å²) in [4.78, 5) is 4.23. The second kappa shape index (κ2) is 4.82. The van der Waals surface area contributed by atoms with Gasteiger partial charge in [-0.25, -0.2) is 9.38 Å². The van der Waals surface area contributed by atoms with E-state index in [2.05, 4.69) is 26.2 Å². The van der Waals surface area contributed by atoms with Gasteiger partial charge in [0.15, 0.2) is 5.96 Å². The molecule has 0 fully saturated rings. The molecule has 1 rings (SSSR count). The summed E-state index contributed by atoms with van der Waals surface area (Å²) >= 11 is 3.10. The van der Waals surface area contributed by atoms with E-state index in [9.17, 15) is 4.39 Å². The van der Waals surface area contributed by atoms with Gasteiger partial charge in [0, 0.05) is 5.69 Å². The van der Waals surface area contributed by atoms with Crippen molar-refractivity contribution in [3.63, 3.8) is 0 Å². The lowest BCUT2D eigenvalue weighted by Gasteiger charge is -2.14. The summed E-state index contributed by atoms with van der Waals surface area (Å²) in [6, 6.07) is 4.57. The number of aliphatic imine (C=N–C) groups is 1. The standard InChI is InChI=1S/C11H15BrFN3/c1-11(2,3)16-10(14)15-7-4-5-9(13)8(12)6-7/h4-6H,1-3H3,(H3,14,15,16). The first kappa shape index (κ1) is 13.0. The van der Waals surface area contributed by atoms with Crippen LogP contribution in [-0.2, 0) is 0 Å². The fourth-order valence-electron chi connectivity index (χ4n) is 1.11. The first-order chi connectivity index (χ1) is 7.28. The van der Waals surface area contributed by atoms with Crippen LogP contribution in [0.3, 0.4) is 0 Å². The average molecular weight is 288 g/mol.